The molecule has 12 nitrogen and oxygen atoms in total. The third-order valence-corrected chi connectivity index (χ3v) is 9.83. The zero-order chi connectivity index (χ0) is 38.8. The van der Waals surface area contributed by atoms with Crippen LogP contribution in [0.2, 0.25) is 0 Å². The van der Waals surface area contributed by atoms with Crippen molar-refractivity contribution in [1.29, 1.82) is 0 Å². The summed E-state index contributed by atoms with van der Waals surface area (Å²) in [4.78, 5) is 53.2. The number of carbonyl (C=O) groups excluding carboxylic acids is 4. The molecule has 0 radical (unpaired) electrons. The molecule has 1 fully saturated rings. The maximum atomic E-state index is 13.4. The van der Waals surface area contributed by atoms with Crippen LogP contribution in [0.3, 0.4) is 0 Å². The Morgan fingerprint density at radius 2 is 1.56 bits per heavy atom. The molecule has 1 aliphatic carbocycles. The van der Waals surface area contributed by atoms with E-state index in [1.165, 1.54) is 23.6 Å². The van der Waals surface area contributed by atoms with Crippen molar-refractivity contribution in [3.63, 3.8) is 0 Å². The summed E-state index contributed by atoms with van der Waals surface area (Å²) in [5.41, 5.74) is 1.26. The summed E-state index contributed by atoms with van der Waals surface area (Å²) in [6, 6.07) is 19.3. The number of thiazole rings is 1. The van der Waals surface area contributed by atoms with Crippen molar-refractivity contribution in [1.82, 2.24) is 4.98 Å². The van der Waals surface area contributed by atoms with Gasteiger partial charge < -0.3 is 23.7 Å². The lowest BCUT2D eigenvalue weighted by atomic mass is 9.82. The number of unbranched alkanes of at least 4 members (excludes halogenated alkanes) is 3. The number of benzene rings is 3. The van der Waals surface area contributed by atoms with Gasteiger partial charge in [-0.3, -0.25) is 14.4 Å². The Hall–Kier alpha value is -6.00. The third-order valence-electron chi connectivity index (χ3n) is 8.78. The number of hydrogen-bond donors (Lipinski definition) is 0. The Kier molecular flexibility index (Phi) is 15.4. The van der Waals surface area contributed by atoms with Gasteiger partial charge in [0.2, 0.25) is 5.13 Å². The van der Waals surface area contributed by atoms with E-state index in [4.69, 9.17) is 23.7 Å². The van der Waals surface area contributed by atoms with Gasteiger partial charge >= 0.3 is 17.9 Å². The highest BCUT2D eigenvalue weighted by atomic mass is 32.1. The number of anilines is 1. The smallest absolute Gasteiger partial charge is 0.330 e. The summed E-state index contributed by atoms with van der Waals surface area (Å²) < 4.78 is 28.3. The quantitative estimate of drug-likeness (QED) is 0.0136. The van der Waals surface area contributed by atoms with Gasteiger partial charge in [-0.1, -0.05) is 36.0 Å². The maximum absolute atomic E-state index is 13.4. The topological polar surface area (TPSA) is 143 Å². The fraction of sp³-hybridized carbons (Fsp3) is 0.333. The van der Waals surface area contributed by atoms with Crippen molar-refractivity contribution >= 4 is 57.3 Å². The monoisotopic (exact) mass is 765 g/mol. The molecule has 4 aromatic rings. The predicted octanol–water partition coefficient (Wildman–Crippen LogP) is 7.68. The Bertz CT molecular complexity index is 1990. The molecule has 286 valence electrons. The average Bonchev–Trinajstić information content (AvgIpc) is 3.64. The third kappa shape index (κ3) is 12.3. The number of hydrogen-bond acceptors (Lipinski definition) is 13. The molecule has 5 rings (SSSR count). The van der Waals surface area contributed by atoms with Gasteiger partial charge in [0.25, 0.3) is 6.47 Å². The fourth-order valence-corrected chi connectivity index (χ4v) is 6.73. The zero-order valence-corrected chi connectivity index (χ0v) is 31.5. The lowest BCUT2D eigenvalue weighted by molar-refractivity contribution is -0.145. The van der Waals surface area contributed by atoms with Crippen molar-refractivity contribution < 1.29 is 42.9 Å². The summed E-state index contributed by atoms with van der Waals surface area (Å²) in [5, 5.41) is 6.92. The highest BCUT2D eigenvalue weighted by Crippen LogP contribution is 2.33. The molecular weight excluding hydrogens is 723 g/mol. The van der Waals surface area contributed by atoms with Gasteiger partial charge in [0.1, 0.15) is 29.5 Å². The summed E-state index contributed by atoms with van der Waals surface area (Å²) >= 11 is 1.47. The molecule has 0 unspecified atom stereocenters. The number of fused-ring (bicyclic) bond motifs is 1. The van der Waals surface area contributed by atoms with E-state index in [9.17, 15) is 19.2 Å². The van der Waals surface area contributed by atoms with Crippen LogP contribution in [0.4, 0.5) is 5.13 Å². The molecule has 13 heteroatoms. The molecule has 0 N–H and O–H groups in total. The Balaban J connectivity index is 1.10. The maximum Gasteiger partial charge on any atom is 0.330 e. The molecule has 0 saturated heterocycles. The standard InChI is InChI=1S/C42H43N3O9S/c1-3-5-24-45(42-44-36-12-8-9-13-38(36)55-42)43-28-32-27-35(52-29-46)22-23-37(32)54-41(49)31-16-14-30(15-17-31)40(48)53-34-20-18-33(19-21-34)50-25-10-6-7-11-26-51-39(47)4-2/h4,8-9,12-13,18-23,27-31H,2,6-7,10-11,14-17,24-26H2,1H3/b43-28+. The van der Waals surface area contributed by atoms with E-state index in [2.05, 4.69) is 28.5 Å². The molecule has 0 aliphatic heterocycles. The molecule has 3 aromatic carbocycles. The van der Waals surface area contributed by atoms with Crippen LogP contribution in [0.25, 0.3) is 10.2 Å². The van der Waals surface area contributed by atoms with E-state index < -0.39 is 17.9 Å². The number of para-hydroxylation sites is 1. The fourth-order valence-electron chi connectivity index (χ4n) is 5.80. The number of hydrazone groups is 1. The molecule has 1 aromatic heterocycles. The normalized spacial score (nSPS) is 15.0. The van der Waals surface area contributed by atoms with E-state index in [1.54, 1.807) is 48.3 Å². The first-order valence-electron chi connectivity index (χ1n) is 18.1. The number of carbonyl (C=O) groups is 4. The predicted molar refractivity (Wildman–Crippen MR) is 209 cm³/mol. The van der Waals surface area contributed by atoms with Gasteiger partial charge in [0.15, 0.2) is 0 Å². The van der Waals surface area contributed by atoms with Crippen LogP contribution >= 0.6 is 11.3 Å². The summed E-state index contributed by atoms with van der Waals surface area (Å²) in [6.07, 6.45) is 8.08. The molecular formula is C42H43N3O9S. The first kappa shape index (κ1) is 40.2. The first-order chi connectivity index (χ1) is 26.9. The Labute approximate surface area is 324 Å². The Morgan fingerprint density at radius 1 is 0.891 bits per heavy atom. The second-order valence-electron chi connectivity index (χ2n) is 12.6. The van der Waals surface area contributed by atoms with E-state index in [-0.39, 0.29) is 29.9 Å². The van der Waals surface area contributed by atoms with Crippen LogP contribution in [0.1, 0.15) is 63.9 Å². The molecule has 0 bridgehead atoms. The summed E-state index contributed by atoms with van der Waals surface area (Å²) in [7, 11) is 0. The minimum Gasteiger partial charge on any atom is -0.494 e. The van der Waals surface area contributed by atoms with Gasteiger partial charge in [0.05, 0.1) is 41.5 Å². The van der Waals surface area contributed by atoms with Crippen LogP contribution < -0.4 is 24.0 Å². The van der Waals surface area contributed by atoms with Crippen molar-refractivity contribution in [2.24, 2.45) is 16.9 Å². The minimum absolute atomic E-state index is 0.246. The van der Waals surface area contributed by atoms with E-state index in [1.807, 2.05) is 24.3 Å². The number of aromatic nitrogens is 1. The van der Waals surface area contributed by atoms with Gasteiger partial charge in [-0.05, 0) is 113 Å². The summed E-state index contributed by atoms with van der Waals surface area (Å²) in [5.74, 6) is 5.58. The average molecular weight is 766 g/mol. The van der Waals surface area contributed by atoms with E-state index in [0.29, 0.717) is 67.6 Å². The van der Waals surface area contributed by atoms with Crippen molar-refractivity contribution in [2.75, 3.05) is 24.8 Å². The van der Waals surface area contributed by atoms with E-state index in [0.717, 1.165) is 42.0 Å². The van der Waals surface area contributed by atoms with Crippen molar-refractivity contribution in [2.45, 2.75) is 58.3 Å². The second kappa shape index (κ2) is 21.0. The number of rotatable bonds is 19. The minimum atomic E-state index is -0.421. The molecule has 55 heavy (non-hydrogen) atoms. The summed E-state index contributed by atoms with van der Waals surface area (Å²) in [6.45, 7) is 6.64. The lowest BCUT2D eigenvalue weighted by Gasteiger charge is -2.26. The second-order valence-corrected chi connectivity index (χ2v) is 13.6. The van der Waals surface area contributed by atoms with Gasteiger partial charge in [-0.15, -0.1) is 5.92 Å². The van der Waals surface area contributed by atoms with Gasteiger partial charge in [-0.25, -0.2) is 14.8 Å². The zero-order valence-electron chi connectivity index (χ0n) is 30.6. The van der Waals surface area contributed by atoms with Crippen LogP contribution in [-0.4, -0.2) is 55.3 Å². The molecule has 1 aliphatic rings. The number of esters is 3. The molecule has 1 heterocycles. The highest BCUT2D eigenvalue weighted by Gasteiger charge is 2.32. The SMILES string of the molecule is C=CC(=O)OCCCCCCOc1ccc(OC(=O)C2CCC(C(=O)Oc3ccc(OC=O)cc3/C=N/N(CC#CC)c3nc4ccccc4s3)CC2)cc1. The molecule has 0 atom stereocenters. The molecule has 1 saturated carbocycles. The molecule has 0 amide bonds. The van der Waals surface area contributed by atoms with Gasteiger partial charge in [0, 0.05) is 11.6 Å². The van der Waals surface area contributed by atoms with E-state index >= 15 is 0 Å². The van der Waals surface area contributed by atoms with Crippen LogP contribution in [-0.2, 0) is 23.9 Å². The molecule has 0 spiro atoms. The van der Waals surface area contributed by atoms with Crippen molar-refractivity contribution in [3.05, 3.63) is 84.9 Å². The Morgan fingerprint density at radius 3 is 2.25 bits per heavy atom. The number of nitrogens with zero attached hydrogens (tertiary/aromatic N) is 3. The number of ether oxygens (including phenoxy) is 5. The largest absolute Gasteiger partial charge is 0.494 e. The highest BCUT2D eigenvalue weighted by molar-refractivity contribution is 7.22. The van der Waals surface area contributed by atoms with Crippen LogP contribution in [0.5, 0.6) is 23.0 Å². The lowest BCUT2D eigenvalue weighted by Crippen LogP contribution is -2.30. The van der Waals surface area contributed by atoms with Crippen LogP contribution in [0, 0.1) is 23.7 Å². The van der Waals surface area contributed by atoms with Crippen molar-refractivity contribution in [3.8, 4) is 34.8 Å². The first-order valence-corrected chi connectivity index (χ1v) is 18.9. The van der Waals surface area contributed by atoms with Gasteiger partial charge in [-0.2, -0.15) is 5.10 Å². The van der Waals surface area contributed by atoms with Crippen LogP contribution in [0.15, 0.2) is 84.5 Å².